The van der Waals surface area contributed by atoms with Gasteiger partial charge in [-0.1, -0.05) is 12.1 Å². The number of carbonyl (C=O) groups is 3. The van der Waals surface area contributed by atoms with Crippen LogP contribution in [0.2, 0.25) is 0 Å². The molecule has 0 aromatic heterocycles. The highest BCUT2D eigenvalue weighted by Gasteiger charge is 2.08. The van der Waals surface area contributed by atoms with Crippen LogP contribution < -0.4 is 15.4 Å². The molecule has 0 aliphatic carbocycles. The summed E-state index contributed by atoms with van der Waals surface area (Å²) < 4.78 is 9.78. The van der Waals surface area contributed by atoms with Crippen molar-refractivity contribution in [1.29, 1.82) is 0 Å². The van der Waals surface area contributed by atoms with Crippen LogP contribution in [0.4, 0.5) is 4.79 Å². The van der Waals surface area contributed by atoms with E-state index in [9.17, 15) is 14.4 Å². The first kappa shape index (κ1) is 16.5. The number of benzene rings is 1. The monoisotopic (exact) mass is 294 g/mol. The number of methoxy groups -OCH3 is 1. The summed E-state index contributed by atoms with van der Waals surface area (Å²) in [5.41, 5.74) is 0.779. The molecule has 0 saturated heterocycles. The van der Waals surface area contributed by atoms with E-state index in [1.165, 1.54) is 7.11 Å². The Bertz CT molecular complexity index is 499. The SMILES string of the molecule is CCNC(=O)NC(=O)COc1ccc(CC(=O)OC)cc1. The molecule has 1 aromatic carbocycles. The van der Waals surface area contributed by atoms with Gasteiger partial charge in [-0.3, -0.25) is 14.9 Å². The van der Waals surface area contributed by atoms with Crippen LogP contribution in [0, 0.1) is 0 Å². The Morgan fingerprint density at radius 2 is 1.81 bits per heavy atom. The van der Waals surface area contributed by atoms with E-state index in [2.05, 4.69) is 15.4 Å². The minimum atomic E-state index is -0.556. The zero-order valence-electron chi connectivity index (χ0n) is 12.0. The normalized spacial score (nSPS) is 9.62. The third-order valence-corrected chi connectivity index (χ3v) is 2.46. The third-order valence-electron chi connectivity index (χ3n) is 2.46. The topological polar surface area (TPSA) is 93.7 Å². The maximum absolute atomic E-state index is 11.4. The summed E-state index contributed by atoms with van der Waals surface area (Å²) in [6.45, 7) is 1.91. The lowest BCUT2D eigenvalue weighted by atomic mass is 10.1. The van der Waals surface area contributed by atoms with Crippen molar-refractivity contribution in [2.24, 2.45) is 0 Å². The summed E-state index contributed by atoms with van der Waals surface area (Å²) in [7, 11) is 1.33. The first-order chi connectivity index (χ1) is 10.0. The van der Waals surface area contributed by atoms with Gasteiger partial charge in [0, 0.05) is 6.54 Å². The number of esters is 1. The molecule has 0 bridgehead atoms. The minimum Gasteiger partial charge on any atom is -0.484 e. The van der Waals surface area contributed by atoms with Crippen LogP contribution in [0.15, 0.2) is 24.3 Å². The Morgan fingerprint density at radius 3 is 2.38 bits per heavy atom. The summed E-state index contributed by atoms with van der Waals surface area (Å²) in [4.78, 5) is 33.6. The quantitative estimate of drug-likeness (QED) is 0.750. The highest BCUT2D eigenvalue weighted by Crippen LogP contribution is 2.12. The van der Waals surface area contributed by atoms with Crippen molar-refractivity contribution in [2.75, 3.05) is 20.3 Å². The van der Waals surface area contributed by atoms with Crippen LogP contribution in [0.5, 0.6) is 5.75 Å². The van der Waals surface area contributed by atoms with Crippen LogP contribution in [-0.2, 0) is 20.7 Å². The van der Waals surface area contributed by atoms with Crippen LogP contribution in [0.3, 0.4) is 0 Å². The van der Waals surface area contributed by atoms with Crippen molar-refractivity contribution in [3.8, 4) is 5.75 Å². The van der Waals surface area contributed by atoms with Gasteiger partial charge in [-0.05, 0) is 24.6 Å². The molecule has 1 rings (SSSR count). The molecule has 0 unspecified atom stereocenters. The summed E-state index contributed by atoms with van der Waals surface area (Å²) in [6.07, 6.45) is 0.175. The van der Waals surface area contributed by atoms with Crippen LogP contribution in [0.25, 0.3) is 0 Å². The number of nitrogens with one attached hydrogen (secondary N) is 2. The Morgan fingerprint density at radius 1 is 1.14 bits per heavy atom. The molecule has 3 amide bonds. The van der Waals surface area contributed by atoms with E-state index < -0.39 is 11.9 Å². The molecular weight excluding hydrogens is 276 g/mol. The summed E-state index contributed by atoms with van der Waals surface area (Å²) >= 11 is 0. The average molecular weight is 294 g/mol. The highest BCUT2D eigenvalue weighted by molar-refractivity contribution is 5.94. The number of ether oxygens (including phenoxy) is 2. The largest absolute Gasteiger partial charge is 0.484 e. The molecule has 0 aliphatic rings. The predicted octanol–water partition coefficient (Wildman–Crippen LogP) is 0.627. The second-order valence-corrected chi connectivity index (χ2v) is 4.09. The molecule has 0 fully saturated rings. The van der Waals surface area contributed by atoms with Crippen LogP contribution >= 0.6 is 0 Å². The Labute approximate surface area is 122 Å². The highest BCUT2D eigenvalue weighted by atomic mass is 16.5. The van der Waals surface area contributed by atoms with E-state index in [1.54, 1.807) is 31.2 Å². The summed E-state index contributed by atoms with van der Waals surface area (Å²) in [5, 5.41) is 4.56. The molecule has 2 N–H and O–H groups in total. The molecule has 0 saturated carbocycles. The van der Waals surface area contributed by atoms with Crippen LogP contribution in [0.1, 0.15) is 12.5 Å². The fourth-order valence-corrected chi connectivity index (χ4v) is 1.46. The van der Waals surface area contributed by atoms with Gasteiger partial charge >= 0.3 is 12.0 Å². The minimum absolute atomic E-state index is 0.175. The van der Waals surface area contributed by atoms with Crippen molar-refractivity contribution in [3.63, 3.8) is 0 Å². The number of imide groups is 1. The maximum Gasteiger partial charge on any atom is 0.321 e. The Balaban J connectivity index is 2.40. The molecule has 0 aliphatic heterocycles. The lowest BCUT2D eigenvalue weighted by Crippen LogP contribution is -2.41. The van der Waals surface area contributed by atoms with Gasteiger partial charge in [0.15, 0.2) is 6.61 Å². The molecule has 21 heavy (non-hydrogen) atoms. The van der Waals surface area contributed by atoms with Gasteiger partial charge in [0.2, 0.25) is 0 Å². The molecule has 0 atom stereocenters. The number of carbonyl (C=O) groups excluding carboxylic acids is 3. The number of urea groups is 1. The van der Waals surface area contributed by atoms with E-state index in [4.69, 9.17) is 4.74 Å². The molecule has 0 spiro atoms. The summed E-state index contributed by atoms with van der Waals surface area (Å²) in [6, 6.07) is 6.12. The van der Waals surface area contributed by atoms with Crippen molar-refractivity contribution >= 4 is 17.9 Å². The van der Waals surface area contributed by atoms with Gasteiger partial charge in [-0.15, -0.1) is 0 Å². The molecular formula is C14H18N2O5. The second-order valence-electron chi connectivity index (χ2n) is 4.09. The van der Waals surface area contributed by atoms with E-state index in [0.717, 1.165) is 5.56 Å². The second kappa shape index (κ2) is 8.57. The first-order valence-electron chi connectivity index (χ1n) is 6.41. The number of hydrogen-bond donors (Lipinski definition) is 2. The van der Waals surface area contributed by atoms with E-state index in [0.29, 0.717) is 12.3 Å². The molecule has 0 heterocycles. The molecule has 0 radical (unpaired) electrons. The van der Waals surface area contributed by atoms with Gasteiger partial charge in [0.25, 0.3) is 5.91 Å². The fraction of sp³-hybridized carbons (Fsp3) is 0.357. The fourth-order valence-electron chi connectivity index (χ4n) is 1.46. The molecule has 7 nitrogen and oxygen atoms in total. The maximum atomic E-state index is 11.4. The number of hydrogen-bond acceptors (Lipinski definition) is 5. The number of amides is 3. The first-order valence-corrected chi connectivity index (χ1v) is 6.41. The average Bonchev–Trinajstić information content (AvgIpc) is 2.46. The lowest BCUT2D eigenvalue weighted by Gasteiger charge is -2.07. The van der Waals surface area contributed by atoms with Crippen molar-refractivity contribution < 1.29 is 23.9 Å². The van der Waals surface area contributed by atoms with E-state index in [-0.39, 0.29) is 19.0 Å². The Hall–Kier alpha value is -2.57. The summed E-state index contributed by atoms with van der Waals surface area (Å²) in [5.74, 6) is -0.403. The third kappa shape index (κ3) is 6.42. The molecule has 1 aromatic rings. The number of rotatable bonds is 6. The van der Waals surface area contributed by atoms with Gasteiger partial charge in [-0.2, -0.15) is 0 Å². The molecule has 114 valence electrons. The van der Waals surface area contributed by atoms with Crippen molar-refractivity contribution in [3.05, 3.63) is 29.8 Å². The van der Waals surface area contributed by atoms with Gasteiger partial charge in [0.1, 0.15) is 5.75 Å². The van der Waals surface area contributed by atoms with Gasteiger partial charge in [-0.25, -0.2) is 4.79 Å². The Kier molecular flexibility index (Phi) is 6.73. The van der Waals surface area contributed by atoms with Crippen molar-refractivity contribution in [1.82, 2.24) is 10.6 Å². The van der Waals surface area contributed by atoms with Gasteiger partial charge in [0.05, 0.1) is 13.5 Å². The van der Waals surface area contributed by atoms with Gasteiger partial charge < -0.3 is 14.8 Å². The lowest BCUT2D eigenvalue weighted by molar-refractivity contribution is -0.139. The van der Waals surface area contributed by atoms with E-state index in [1.807, 2.05) is 0 Å². The predicted molar refractivity (Wildman–Crippen MR) is 74.9 cm³/mol. The van der Waals surface area contributed by atoms with Crippen LogP contribution in [-0.4, -0.2) is 38.2 Å². The smallest absolute Gasteiger partial charge is 0.321 e. The van der Waals surface area contributed by atoms with E-state index >= 15 is 0 Å². The zero-order valence-corrected chi connectivity index (χ0v) is 12.0. The molecule has 7 heteroatoms. The zero-order chi connectivity index (χ0) is 15.7. The van der Waals surface area contributed by atoms with Crippen molar-refractivity contribution in [2.45, 2.75) is 13.3 Å². The standard InChI is InChI=1S/C14H18N2O5/c1-3-15-14(19)16-12(17)9-21-11-6-4-10(5-7-11)8-13(18)20-2/h4-7H,3,8-9H2,1-2H3,(H2,15,16,17,19).